The largest absolute Gasteiger partial charge is 0.481 e. The Balaban J connectivity index is 1.41. The van der Waals surface area contributed by atoms with E-state index < -0.39 is 35.3 Å². The molecule has 3 atom stereocenters. The minimum Gasteiger partial charge on any atom is -0.481 e. The number of aliphatic carboxylic acids is 1. The number of amides is 1. The number of rotatable bonds is 6. The van der Waals surface area contributed by atoms with Crippen LogP contribution in [0.2, 0.25) is 5.02 Å². The van der Waals surface area contributed by atoms with Gasteiger partial charge in [-0.05, 0) is 68.6 Å². The summed E-state index contributed by atoms with van der Waals surface area (Å²) in [5.41, 5.74) is 0.106. The van der Waals surface area contributed by atoms with Crippen molar-refractivity contribution in [3.8, 4) is 0 Å². The Labute approximate surface area is 251 Å². The highest BCUT2D eigenvalue weighted by Gasteiger charge is 2.65. The van der Waals surface area contributed by atoms with Gasteiger partial charge in [0.05, 0.1) is 39.4 Å². The van der Waals surface area contributed by atoms with Gasteiger partial charge < -0.3 is 14.7 Å². The molecule has 2 heterocycles. The lowest BCUT2D eigenvalue weighted by Crippen LogP contribution is -2.38. The lowest BCUT2D eigenvalue weighted by atomic mass is 9.82. The standard InChI is InChI=1S/C31H33ClF3N3O5/c1-43-20-11-14-37(16-20)27(39)19-9-10-21-24(15-19)38(36-26(21)17-5-7-18(8-6-17)29(41)42)28(40)25-22(3-2-4-23(25)32)30(12-13-30)31(33,34)35/h2-5,18-20H,6-16H2,1H3,(H,41,42)/t18?,19?,20-/m1/s1. The second-order valence-electron chi connectivity index (χ2n) is 12.1. The summed E-state index contributed by atoms with van der Waals surface area (Å²) in [5.74, 6) is -2.61. The highest BCUT2D eigenvalue weighted by atomic mass is 35.5. The first-order valence-electron chi connectivity index (χ1n) is 14.7. The maximum atomic E-state index is 14.3. The fraction of sp³-hybridized carbons (Fsp3) is 0.548. The Morgan fingerprint density at radius 2 is 1.86 bits per heavy atom. The molecule has 230 valence electrons. The third-order valence-electron chi connectivity index (χ3n) is 9.70. The molecule has 2 aromatic rings. The van der Waals surface area contributed by atoms with Crippen molar-refractivity contribution in [2.75, 3.05) is 20.2 Å². The molecule has 2 unspecified atom stereocenters. The summed E-state index contributed by atoms with van der Waals surface area (Å²) >= 11 is 6.47. The average Bonchev–Trinajstić information content (AvgIpc) is 3.53. The first-order chi connectivity index (χ1) is 20.4. The molecule has 1 saturated carbocycles. The highest BCUT2D eigenvalue weighted by Crippen LogP contribution is 2.60. The van der Waals surface area contributed by atoms with Gasteiger partial charge in [0, 0.05) is 38.1 Å². The summed E-state index contributed by atoms with van der Waals surface area (Å²) in [6, 6.07) is 4.15. The molecule has 0 spiro atoms. The van der Waals surface area contributed by atoms with E-state index in [1.54, 1.807) is 12.0 Å². The minimum atomic E-state index is -4.55. The molecule has 0 bridgehead atoms. The number of fused-ring (bicyclic) bond motifs is 1. The number of benzene rings is 1. The van der Waals surface area contributed by atoms with Gasteiger partial charge in [0.25, 0.3) is 5.91 Å². The van der Waals surface area contributed by atoms with Gasteiger partial charge in [0.2, 0.25) is 5.91 Å². The van der Waals surface area contributed by atoms with Crippen LogP contribution in [0.1, 0.15) is 77.8 Å². The zero-order chi connectivity index (χ0) is 30.7. The average molecular weight is 620 g/mol. The van der Waals surface area contributed by atoms with Crippen molar-refractivity contribution in [3.05, 3.63) is 57.4 Å². The fourth-order valence-corrected chi connectivity index (χ4v) is 7.23. The lowest BCUT2D eigenvalue weighted by Gasteiger charge is -2.27. The van der Waals surface area contributed by atoms with Crippen LogP contribution in [0.25, 0.3) is 5.57 Å². The van der Waals surface area contributed by atoms with E-state index >= 15 is 0 Å². The number of allylic oxidation sites excluding steroid dienone is 2. The number of ether oxygens (including phenoxy) is 1. The van der Waals surface area contributed by atoms with Gasteiger partial charge in [-0.2, -0.15) is 23.0 Å². The number of halogens is 4. The number of aromatic nitrogens is 2. The van der Waals surface area contributed by atoms with Crippen LogP contribution in [0.15, 0.2) is 24.3 Å². The SMILES string of the molecule is CO[C@@H]1CCN(C(=O)C2CCc3c(C4=CCC(C(=O)O)CC4)nn(C(=O)c4c(Cl)cccc4C4(C(F)(F)F)CC4)c3C2)C1. The number of likely N-dealkylation sites (tertiary alicyclic amines) is 1. The van der Waals surface area contributed by atoms with Crippen LogP contribution in [-0.4, -0.2) is 70.1 Å². The van der Waals surface area contributed by atoms with Crippen LogP contribution >= 0.6 is 11.6 Å². The van der Waals surface area contributed by atoms with E-state index in [0.717, 1.165) is 22.2 Å². The third kappa shape index (κ3) is 5.18. The molecule has 12 heteroatoms. The second-order valence-corrected chi connectivity index (χ2v) is 12.5. The normalized spacial score (nSPS) is 24.8. The molecule has 6 rings (SSSR count). The van der Waals surface area contributed by atoms with Crippen molar-refractivity contribution in [2.24, 2.45) is 11.8 Å². The molecule has 0 radical (unpaired) electrons. The van der Waals surface area contributed by atoms with Crippen molar-refractivity contribution in [3.63, 3.8) is 0 Å². The molecule has 1 amide bonds. The molecule has 8 nitrogen and oxygen atoms in total. The summed E-state index contributed by atoms with van der Waals surface area (Å²) < 4.78 is 49.3. The van der Waals surface area contributed by atoms with E-state index in [4.69, 9.17) is 21.4 Å². The van der Waals surface area contributed by atoms with Crippen LogP contribution in [0.4, 0.5) is 13.2 Å². The topological polar surface area (TPSA) is 102 Å². The zero-order valence-corrected chi connectivity index (χ0v) is 24.5. The maximum Gasteiger partial charge on any atom is 0.398 e. The van der Waals surface area contributed by atoms with Gasteiger partial charge in [-0.3, -0.25) is 14.4 Å². The maximum absolute atomic E-state index is 14.3. The molecule has 1 N–H and O–H groups in total. The quantitative estimate of drug-likeness (QED) is 0.462. The Hall–Kier alpha value is -3.18. The molecular formula is C31H33ClF3N3O5. The number of carbonyl (C=O) groups is 3. The van der Waals surface area contributed by atoms with Crippen LogP contribution < -0.4 is 0 Å². The van der Waals surface area contributed by atoms with Gasteiger partial charge in [0.15, 0.2) is 0 Å². The van der Waals surface area contributed by atoms with Gasteiger partial charge >= 0.3 is 12.1 Å². The monoisotopic (exact) mass is 619 g/mol. The van der Waals surface area contributed by atoms with Crippen LogP contribution in [0, 0.1) is 11.8 Å². The predicted molar refractivity (Wildman–Crippen MR) is 151 cm³/mol. The number of carboxylic acid groups (broad SMARTS) is 1. The molecule has 1 aromatic carbocycles. The Morgan fingerprint density at radius 3 is 2.47 bits per heavy atom. The zero-order valence-electron chi connectivity index (χ0n) is 23.8. The van der Waals surface area contributed by atoms with E-state index in [-0.39, 0.29) is 47.4 Å². The fourth-order valence-electron chi connectivity index (χ4n) is 6.98. The van der Waals surface area contributed by atoms with E-state index in [9.17, 15) is 32.7 Å². The van der Waals surface area contributed by atoms with Crippen molar-refractivity contribution in [2.45, 2.75) is 75.5 Å². The molecule has 1 aliphatic heterocycles. The van der Waals surface area contributed by atoms with E-state index in [1.807, 2.05) is 6.08 Å². The van der Waals surface area contributed by atoms with Crippen LogP contribution in [-0.2, 0) is 32.6 Å². The number of hydrogen-bond donors (Lipinski definition) is 1. The highest BCUT2D eigenvalue weighted by molar-refractivity contribution is 6.34. The molecule has 3 aliphatic carbocycles. The molecule has 1 saturated heterocycles. The lowest BCUT2D eigenvalue weighted by molar-refractivity contribution is -0.160. The van der Waals surface area contributed by atoms with Crippen LogP contribution in [0.5, 0.6) is 0 Å². The minimum absolute atomic E-state index is 0.0308. The van der Waals surface area contributed by atoms with Gasteiger partial charge in [-0.25, -0.2) is 0 Å². The Kier molecular flexibility index (Phi) is 7.69. The first kappa shape index (κ1) is 29.9. The predicted octanol–water partition coefficient (Wildman–Crippen LogP) is 5.44. The van der Waals surface area contributed by atoms with Gasteiger partial charge in [-0.15, -0.1) is 0 Å². The van der Waals surface area contributed by atoms with E-state index in [1.165, 1.54) is 18.2 Å². The summed E-state index contributed by atoms with van der Waals surface area (Å²) in [4.78, 5) is 41.1. The summed E-state index contributed by atoms with van der Waals surface area (Å²) in [5, 5.41) is 14.0. The molecule has 1 aromatic heterocycles. The first-order valence-corrected chi connectivity index (χ1v) is 15.1. The summed E-state index contributed by atoms with van der Waals surface area (Å²) in [6.45, 7) is 1.06. The third-order valence-corrected chi connectivity index (χ3v) is 10.0. The van der Waals surface area contributed by atoms with Gasteiger partial charge in [-0.1, -0.05) is 29.8 Å². The Bertz CT molecular complexity index is 1510. The number of alkyl halides is 3. The number of methoxy groups -OCH3 is 1. The molecule has 43 heavy (non-hydrogen) atoms. The molecule has 2 fully saturated rings. The number of carboxylic acids is 1. The van der Waals surface area contributed by atoms with E-state index in [0.29, 0.717) is 56.6 Å². The molecule has 4 aliphatic rings. The number of carbonyl (C=O) groups excluding carboxylic acids is 2. The van der Waals surface area contributed by atoms with Crippen molar-refractivity contribution in [1.82, 2.24) is 14.7 Å². The van der Waals surface area contributed by atoms with Crippen molar-refractivity contribution in [1.29, 1.82) is 0 Å². The summed E-state index contributed by atoms with van der Waals surface area (Å²) in [6.07, 6.45) is 0.0869. The number of nitrogens with zero attached hydrogens (tertiary/aromatic N) is 3. The molecular weight excluding hydrogens is 587 g/mol. The number of hydrogen-bond acceptors (Lipinski definition) is 5. The van der Waals surface area contributed by atoms with Crippen LogP contribution in [0.3, 0.4) is 0 Å². The van der Waals surface area contributed by atoms with Gasteiger partial charge in [0.1, 0.15) is 0 Å². The second kappa shape index (κ2) is 11.1. The van der Waals surface area contributed by atoms with Crippen molar-refractivity contribution < 1.29 is 37.4 Å². The van der Waals surface area contributed by atoms with E-state index in [2.05, 4.69) is 0 Å². The summed E-state index contributed by atoms with van der Waals surface area (Å²) in [7, 11) is 1.61. The Morgan fingerprint density at radius 1 is 1.12 bits per heavy atom. The smallest absolute Gasteiger partial charge is 0.398 e. The van der Waals surface area contributed by atoms with Crippen molar-refractivity contribution >= 4 is 35.0 Å².